The Morgan fingerprint density at radius 3 is 2.72 bits per heavy atom. The van der Waals surface area contributed by atoms with Crippen molar-refractivity contribution in [2.75, 3.05) is 14.2 Å². The summed E-state index contributed by atoms with van der Waals surface area (Å²) in [6.45, 7) is 2.11. The van der Waals surface area contributed by atoms with Crippen LogP contribution in [0.5, 0.6) is 5.75 Å². The van der Waals surface area contributed by atoms with Crippen LogP contribution >= 0.6 is 0 Å². The van der Waals surface area contributed by atoms with E-state index in [1.807, 2.05) is 43.7 Å². The van der Waals surface area contributed by atoms with Gasteiger partial charge in [0.05, 0.1) is 7.11 Å². The average Bonchev–Trinajstić information content (AvgIpc) is 2.46. The second kappa shape index (κ2) is 5.65. The lowest BCUT2D eigenvalue weighted by molar-refractivity contribution is 0.416. The maximum absolute atomic E-state index is 5.38. The van der Waals surface area contributed by atoms with Crippen LogP contribution in [0.1, 0.15) is 18.5 Å². The summed E-state index contributed by atoms with van der Waals surface area (Å²) in [4.78, 5) is 4.31. The fourth-order valence-corrected chi connectivity index (χ4v) is 1.89. The number of ether oxygens (including phenoxy) is 1. The van der Waals surface area contributed by atoms with E-state index in [4.69, 9.17) is 4.74 Å². The van der Waals surface area contributed by atoms with Crippen molar-refractivity contribution in [2.45, 2.75) is 13.0 Å². The van der Waals surface area contributed by atoms with Crippen molar-refractivity contribution in [1.82, 2.24) is 10.3 Å². The molecular formula is C15H18N2O. The molecule has 0 saturated carbocycles. The highest BCUT2D eigenvalue weighted by atomic mass is 16.5. The molecule has 18 heavy (non-hydrogen) atoms. The second-order valence-electron chi connectivity index (χ2n) is 4.22. The van der Waals surface area contributed by atoms with Crippen LogP contribution in [-0.4, -0.2) is 19.1 Å². The first kappa shape index (κ1) is 12.6. The largest absolute Gasteiger partial charge is 0.496 e. The number of benzene rings is 1. The van der Waals surface area contributed by atoms with Gasteiger partial charge in [0.25, 0.3) is 0 Å². The van der Waals surface area contributed by atoms with Crippen LogP contribution in [-0.2, 0) is 0 Å². The van der Waals surface area contributed by atoms with Gasteiger partial charge >= 0.3 is 0 Å². The van der Waals surface area contributed by atoms with Crippen LogP contribution in [0, 0.1) is 0 Å². The molecule has 0 amide bonds. The van der Waals surface area contributed by atoms with Crippen LogP contribution < -0.4 is 10.1 Å². The molecule has 0 saturated heterocycles. The maximum atomic E-state index is 5.38. The summed E-state index contributed by atoms with van der Waals surface area (Å²) in [5, 5.41) is 3.22. The van der Waals surface area contributed by atoms with Crippen molar-refractivity contribution in [3.63, 3.8) is 0 Å². The molecule has 0 aliphatic rings. The lowest BCUT2D eigenvalue weighted by Gasteiger charge is -2.13. The number of aromatic nitrogens is 1. The Morgan fingerprint density at radius 1 is 1.22 bits per heavy atom. The van der Waals surface area contributed by atoms with Crippen molar-refractivity contribution in [2.24, 2.45) is 0 Å². The topological polar surface area (TPSA) is 34.2 Å². The number of methoxy groups -OCH3 is 1. The molecule has 0 radical (unpaired) electrons. The van der Waals surface area contributed by atoms with E-state index < -0.39 is 0 Å². The zero-order valence-electron chi connectivity index (χ0n) is 11.0. The standard InChI is InChI=1S/C15H18N2O/c1-11(16-2)12-8-13(10-17-9-12)14-6-4-5-7-15(14)18-3/h4-11,16H,1-3H3. The van der Waals surface area contributed by atoms with Gasteiger partial charge in [-0.3, -0.25) is 4.98 Å². The average molecular weight is 242 g/mol. The minimum Gasteiger partial charge on any atom is -0.496 e. The summed E-state index contributed by atoms with van der Waals surface area (Å²) in [5.74, 6) is 0.869. The van der Waals surface area contributed by atoms with Crippen LogP contribution in [0.15, 0.2) is 42.7 Å². The molecule has 0 aliphatic carbocycles. The van der Waals surface area contributed by atoms with Gasteiger partial charge in [-0.2, -0.15) is 0 Å². The van der Waals surface area contributed by atoms with Gasteiger partial charge in [0, 0.05) is 29.6 Å². The van der Waals surface area contributed by atoms with E-state index in [1.54, 1.807) is 7.11 Å². The second-order valence-corrected chi connectivity index (χ2v) is 4.22. The SMILES string of the molecule is CNC(C)c1cncc(-c2ccccc2OC)c1. The molecule has 3 nitrogen and oxygen atoms in total. The van der Waals surface area contributed by atoms with Gasteiger partial charge in [-0.1, -0.05) is 18.2 Å². The molecule has 3 heteroatoms. The third-order valence-electron chi connectivity index (χ3n) is 3.11. The number of para-hydroxylation sites is 1. The van der Waals surface area contributed by atoms with Gasteiger partial charge < -0.3 is 10.1 Å². The number of nitrogens with one attached hydrogen (secondary N) is 1. The monoisotopic (exact) mass is 242 g/mol. The summed E-state index contributed by atoms with van der Waals surface area (Å²) in [7, 11) is 3.63. The molecule has 2 rings (SSSR count). The van der Waals surface area contributed by atoms with E-state index in [0.717, 1.165) is 16.9 Å². The highest BCUT2D eigenvalue weighted by Crippen LogP contribution is 2.30. The smallest absolute Gasteiger partial charge is 0.126 e. The summed E-state index contributed by atoms with van der Waals surface area (Å²) < 4.78 is 5.38. The minimum atomic E-state index is 0.284. The zero-order chi connectivity index (χ0) is 13.0. The summed E-state index contributed by atoms with van der Waals surface area (Å²) >= 11 is 0. The van der Waals surface area contributed by atoms with E-state index in [2.05, 4.69) is 23.3 Å². The summed E-state index contributed by atoms with van der Waals surface area (Å²) in [6, 6.07) is 10.4. The third kappa shape index (κ3) is 2.51. The lowest BCUT2D eigenvalue weighted by atomic mass is 10.0. The first-order chi connectivity index (χ1) is 8.76. The fourth-order valence-electron chi connectivity index (χ4n) is 1.89. The molecule has 1 atom stereocenters. The van der Waals surface area contributed by atoms with Gasteiger partial charge in [0.1, 0.15) is 5.75 Å². The van der Waals surface area contributed by atoms with Crippen LogP contribution in [0.3, 0.4) is 0 Å². The molecule has 0 aliphatic heterocycles. The van der Waals surface area contributed by atoms with Gasteiger partial charge in [-0.25, -0.2) is 0 Å². The Labute approximate surface area is 108 Å². The van der Waals surface area contributed by atoms with Crippen LogP contribution in [0.2, 0.25) is 0 Å². The van der Waals surface area contributed by atoms with Crippen molar-refractivity contribution in [3.8, 4) is 16.9 Å². The van der Waals surface area contributed by atoms with Crippen molar-refractivity contribution in [3.05, 3.63) is 48.3 Å². The number of hydrogen-bond donors (Lipinski definition) is 1. The van der Waals surface area contributed by atoms with E-state index in [1.165, 1.54) is 5.56 Å². The molecule has 2 aromatic rings. The van der Waals surface area contributed by atoms with Gasteiger partial charge in [-0.05, 0) is 31.7 Å². The lowest BCUT2D eigenvalue weighted by Crippen LogP contribution is -2.12. The highest BCUT2D eigenvalue weighted by Gasteiger charge is 2.08. The van der Waals surface area contributed by atoms with Crippen molar-refractivity contribution in [1.29, 1.82) is 0 Å². The Kier molecular flexibility index (Phi) is 3.95. The Hall–Kier alpha value is -1.87. The molecule has 1 aromatic carbocycles. The number of hydrogen-bond acceptors (Lipinski definition) is 3. The number of pyridine rings is 1. The van der Waals surface area contributed by atoms with Crippen LogP contribution in [0.25, 0.3) is 11.1 Å². The molecule has 1 N–H and O–H groups in total. The predicted octanol–water partition coefficient (Wildman–Crippen LogP) is 3.04. The molecule has 1 heterocycles. The molecule has 0 fully saturated rings. The van der Waals surface area contributed by atoms with E-state index in [-0.39, 0.29) is 6.04 Å². The normalized spacial score (nSPS) is 12.2. The molecule has 0 bridgehead atoms. The van der Waals surface area contributed by atoms with Crippen LogP contribution in [0.4, 0.5) is 0 Å². The summed E-state index contributed by atoms with van der Waals surface area (Å²) in [6.07, 6.45) is 3.75. The Balaban J connectivity index is 2.44. The van der Waals surface area contributed by atoms with E-state index in [0.29, 0.717) is 0 Å². The van der Waals surface area contributed by atoms with Crippen molar-refractivity contribution >= 4 is 0 Å². The number of rotatable bonds is 4. The van der Waals surface area contributed by atoms with Gasteiger partial charge in [0.15, 0.2) is 0 Å². The Bertz CT molecular complexity index is 525. The fraction of sp³-hybridized carbons (Fsp3) is 0.267. The Morgan fingerprint density at radius 2 is 2.00 bits per heavy atom. The first-order valence-corrected chi connectivity index (χ1v) is 6.02. The third-order valence-corrected chi connectivity index (χ3v) is 3.11. The number of nitrogens with zero attached hydrogens (tertiary/aromatic N) is 1. The first-order valence-electron chi connectivity index (χ1n) is 6.02. The summed E-state index contributed by atoms with van der Waals surface area (Å²) in [5.41, 5.74) is 3.31. The van der Waals surface area contributed by atoms with Crippen molar-refractivity contribution < 1.29 is 4.74 Å². The van der Waals surface area contributed by atoms with Gasteiger partial charge in [-0.15, -0.1) is 0 Å². The molecule has 94 valence electrons. The van der Waals surface area contributed by atoms with Gasteiger partial charge in [0.2, 0.25) is 0 Å². The molecule has 0 spiro atoms. The molecular weight excluding hydrogens is 224 g/mol. The zero-order valence-corrected chi connectivity index (χ0v) is 11.0. The van der Waals surface area contributed by atoms with E-state index in [9.17, 15) is 0 Å². The minimum absolute atomic E-state index is 0.284. The van der Waals surface area contributed by atoms with E-state index >= 15 is 0 Å². The quantitative estimate of drug-likeness (QED) is 0.894. The molecule has 1 unspecified atom stereocenters. The molecule has 1 aromatic heterocycles. The highest BCUT2D eigenvalue weighted by molar-refractivity contribution is 5.70. The predicted molar refractivity (Wildman–Crippen MR) is 73.7 cm³/mol. The maximum Gasteiger partial charge on any atom is 0.126 e.